The van der Waals surface area contributed by atoms with Crippen molar-refractivity contribution < 1.29 is 19.2 Å². The molecule has 0 bridgehead atoms. The fraction of sp³-hybridized carbons (Fsp3) is 0.385. The summed E-state index contributed by atoms with van der Waals surface area (Å²) in [5, 5.41) is 13.4. The van der Waals surface area contributed by atoms with Crippen LogP contribution >= 0.6 is 0 Å². The van der Waals surface area contributed by atoms with Crippen molar-refractivity contribution in [2.24, 2.45) is 5.92 Å². The zero-order valence-corrected chi connectivity index (χ0v) is 10.9. The van der Waals surface area contributed by atoms with E-state index in [-0.39, 0.29) is 6.61 Å². The van der Waals surface area contributed by atoms with Gasteiger partial charge >= 0.3 is 5.97 Å². The Morgan fingerprint density at radius 1 is 1.50 bits per heavy atom. The third-order valence-electron chi connectivity index (χ3n) is 3.17. The second-order valence-corrected chi connectivity index (χ2v) is 4.43. The highest BCUT2D eigenvalue weighted by Gasteiger charge is 2.44. The average molecular weight is 278 g/mol. The molecule has 2 atom stereocenters. The fourth-order valence-electron chi connectivity index (χ4n) is 2.36. The van der Waals surface area contributed by atoms with Crippen LogP contribution in [0.3, 0.4) is 0 Å². The molecule has 1 aromatic rings. The molecule has 1 aliphatic heterocycles. The molecule has 0 saturated carbocycles. The number of hydrogen-bond donors (Lipinski definition) is 1. The van der Waals surface area contributed by atoms with Crippen LogP contribution in [0.4, 0.5) is 5.69 Å². The Hall–Kier alpha value is -2.44. The summed E-state index contributed by atoms with van der Waals surface area (Å²) in [4.78, 5) is 34.1. The Bertz CT molecular complexity index is 557. The molecule has 0 spiro atoms. The Morgan fingerprint density at radius 2 is 2.20 bits per heavy atom. The highest BCUT2D eigenvalue weighted by atomic mass is 16.6. The van der Waals surface area contributed by atoms with Crippen LogP contribution in [0.15, 0.2) is 24.3 Å². The summed E-state index contributed by atoms with van der Waals surface area (Å²) in [6.07, 6.45) is 0. The van der Waals surface area contributed by atoms with Gasteiger partial charge in [-0.1, -0.05) is 18.2 Å². The number of anilines is 1. The standard InChI is InChI=1S/C13H14N2O5/c1-2-20-13(17)9(7-15(18)19)11-8-5-3-4-6-10(8)14-12(11)16/h3-6,9,11H,2,7H2,1H3,(H,14,16)/t9-,11-/m0/s1. The van der Waals surface area contributed by atoms with Gasteiger partial charge in [0.25, 0.3) is 0 Å². The van der Waals surface area contributed by atoms with Crippen molar-refractivity contribution in [3.8, 4) is 0 Å². The lowest BCUT2D eigenvalue weighted by molar-refractivity contribution is -0.486. The summed E-state index contributed by atoms with van der Waals surface area (Å²) in [6, 6.07) is 6.85. The predicted molar refractivity (Wildman–Crippen MR) is 69.8 cm³/mol. The number of carbonyl (C=O) groups excluding carboxylic acids is 2. The van der Waals surface area contributed by atoms with Crippen LogP contribution in [0.2, 0.25) is 0 Å². The van der Waals surface area contributed by atoms with E-state index in [1.807, 2.05) is 0 Å². The SMILES string of the molecule is CCOC(=O)[C@@H](C[N+](=O)[O-])[C@H]1C(=O)Nc2ccccc21. The molecular formula is C13H14N2O5. The molecule has 106 valence electrons. The molecule has 1 aliphatic rings. The lowest BCUT2D eigenvalue weighted by atomic mass is 9.87. The molecule has 0 aliphatic carbocycles. The van der Waals surface area contributed by atoms with E-state index in [2.05, 4.69) is 5.32 Å². The number of ether oxygens (including phenoxy) is 1. The smallest absolute Gasteiger partial charge is 0.316 e. The van der Waals surface area contributed by atoms with Crippen LogP contribution in [0, 0.1) is 16.0 Å². The summed E-state index contributed by atoms with van der Waals surface area (Å²) >= 11 is 0. The first-order valence-corrected chi connectivity index (χ1v) is 6.22. The van der Waals surface area contributed by atoms with Crippen molar-refractivity contribution in [3.63, 3.8) is 0 Å². The number of rotatable bonds is 5. The number of nitrogens with zero attached hydrogens (tertiary/aromatic N) is 1. The van der Waals surface area contributed by atoms with Gasteiger partial charge in [-0.2, -0.15) is 0 Å². The summed E-state index contributed by atoms with van der Waals surface area (Å²) in [6.45, 7) is 1.10. The number of para-hydroxylation sites is 1. The van der Waals surface area contributed by atoms with Crippen LogP contribution in [0.25, 0.3) is 0 Å². The Balaban J connectivity index is 2.35. The van der Waals surface area contributed by atoms with Gasteiger partial charge in [0, 0.05) is 10.6 Å². The number of fused-ring (bicyclic) bond motifs is 1. The molecule has 0 aromatic heterocycles. The lowest BCUT2D eigenvalue weighted by Crippen LogP contribution is -2.34. The second-order valence-electron chi connectivity index (χ2n) is 4.43. The number of esters is 1. The van der Waals surface area contributed by atoms with Crippen molar-refractivity contribution in [2.45, 2.75) is 12.8 Å². The van der Waals surface area contributed by atoms with E-state index >= 15 is 0 Å². The molecule has 0 radical (unpaired) electrons. The second kappa shape index (κ2) is 5.68. The van der Waals surface area contributed by atoms with E-state index in [1.165, 1.54) is 0 Å². The molecular weight excluding hydrogens is 264 g/mol. The fourth-order valence-corrected chi connectivity index (χ4v) is 2.36. The summed E-state index contributed by atoms with van der Waals surface area (Å²) in [5.74, 6) is -3.13. The van der Waals surface area contributed by atoms with E-state index < -0.39 is 35.2 Å². The molecule has 7 nitrogen and oxygen atoms in total. The van der Waals surface area contributed by atoms with Gasteiger partial charge in [-0.25, -0.2) is 0 Å². The quantitative estimate of drug-likeness (QED) is 0.495. The van der Waals surface area contributed by atoms with Gasteiger partial charge in [0.2, 0.25) is 12.5 Å². The minimum atomic E-state index is -1.12. The summed E-state index contributed by atoms with van der Waals surface area (Å²) in [7, 11) is 0. The Labute approximate surface area is 115 Å². The number of benzene rings is 1. The molecule has 0 saturated heterocycles. The van der Waals surface area contributed by atoms with Gasteiger partial charge in [0.15, 0.2) is 0 Å². The highest BCUT2D eigenvalue weighted by molar-refractivity contribution is 6.05. The van der Waals surface area contributed by atoms with Crippen LogP contribution in [0.1, 0.15) is 18.4 Å². The highest BCUT2D eigenvalue weighted by Crippen LogP contribution is 2.37. The monoisotopic (exact) mass is 278 g/mol. The molecule has 1 amide bonds. The van der Waals surface area contributed by atoms with E-state index in [1.54, 1.807) is 31.2 Å². The third kappa shape index (κ3) is 2.61. The number of hydrogen-bond acceptors (Lipinski definition) is 5. The first-order valence-electron chi connectivity index (χ1n) is 6.22. The first-order chi connectivity index (χ1) is 9.54. The molecule has 0 unspecified atom stereocenters. The number of nitrogens with one attached hydrogen (secondary N) is 1. The Kier molecular flexibility index (Phi) is 3.97. The van der Waals surface area contributed by atoms with Gasteiger partial charge in [-0.15, -0.1) is 0 Å². The largest absolute Gasteiger partial charge is 0.466 e. The zero-order valence-electron chi connectivity index (χ0n) is 10.9. The van der Waals surface area contributed by atoms with E-state index in [0.29, 0.717) is 11.3 Å². The van der Waals surface area contributed by atoms with Crippen molar-refractivity contribution in [2.75, 3.05) is 18.5 Å². The first kappa shape index (κ1) is 14.0. The molecule has 0 fully saturated rings. The lowest BCUT2D eigenvalue weighted by Gasteiger charge is -2.17. The van der Waals surface area contributed by atoms with Crippen LogP contribution in [-0.4, -0.2) is 30.0 Å². The molecule has 7 heteroatoms. The molecule has 20 heavy (non-hydrogen) atoms. The number of amides is 1. The summed E-state index contributed by atoms with van der Waals surface area (Å²) < 4.78 is 4.86. The van der Waals surface area contributed by atoms with Crippen molar-refractivity contribution >= 4 is 17.6 Å². The zero-order chi connectivity index (χ0) is 14.7. The average Bonchev–Trinajstić information content (AvgIpc) is 2.72. The number of nitro groups is 1. The topological polar surface area (TPSA) is 98.5 Å². The summed E-state index contributed by atoms with van der Waals surface area (Å²) in [5.41, 5.74) is 1.18. The minimum Gasteiger partial charge on any atom is -0.466 e. The number of carbonyl (C=O) groups is 2. The van der Waals surface area contributed by atoms with Gasteiger partial charge in [0.1, 0.15) is 5.92 Å². The van der Waals surface area contributed by atoms with Crippen molar-refractivity contribution in [3.05, 3.63) is 39.9 Å². The van der Waals surface area contributed by atoms with E-state index in [0.717, 1.165) is 0 Å². The molecule has 1 heterocycles. The van der Waals surface area contributed by atoms with Gasteiger partial charge in [0.05, 0.1) is 12.5 Å². The van der Waals surface area contributed by atoms with E-state index in [4.69, 9.17) is 4.74 Å². The van der Waals surface area contributed by atoms with Gasteiger partial charge < -0.3 is 10.1 Å². The third-order valence-corrected chi connectivity index (χ3v) is 3.17. The Morgan fingerprint density at radius 3 is 2.85 bits per heavy atom. The molecule has 2 rings (SSSR count). The molecule has 1 aromatic carbocycles. The van der Waals surface area contributed by atoms with Crippen LogP contribution in [0.5, 0.6) is 0 Å². The maximum atomic E-state index is 12.0. The van der Waals surface area contributed by atoms with Crippen molar-refractivity contribution in [1.82, 2.24) is 0 Å². The van der Waals surface area contributed by atoms with Crippen molar-refractivity contribution in [1.29, 1.82) is 0 Å². The normalized spacial score (nSPS) is 18.1. The molecule has 1 N–H and O–H groups in total. The minimum absolute atomic E-state index is 0.114. The van der Waals surface area contributed by atoms with Crippen LogP contribution < -0.4 is 5.32 Å². The maximum absolute atomic E-state index is 12.0. The van der Waals surface area contributed by atoms with E-state index in [9.17, 15) is 19.7 Å². The van der Waals surface area contributed by atoms with Gasteiger partial charge in [-0.3, -0.25) is 19.7 Å². The van der Waals surface area contributed by atoms with Crippen LogP contribution in [-0.2, 0) is 14.3 Å². The maximum Gasteiger partial charge on any atom is 0.316 e. The van der Waals surface area contributed by atoms with Gasteiger partial charge in [-0.05, 0) is 18.6 Å². The predicted octanol–water partition coefficient (Wildman–Crippen LogP) is 1.18.